The summed E-state index contributed by atoms with van der Waals surface area (Å²) in [6.45, 7) is 1.88. The molecule has 0 aliphatic carbocycles. The van der Waals surface area contributed by atoms with Crippen molar-refractivity contribution >= 4 is 15.6 Å². The lowest BCUT2D eigenvalue weighted by Crippen LogP contribution is -2.57. The van der Waals surface area contributed by atoms with E-state index in [1.165, 1.54) is 20.0 Å². The minimum atomic E-state index is -5.44. The fourth-order valence-electron chi connectivity index (χ4n) is 3.41. The van der Waals surface area contributed by atoms with Crippen molar-refractivity contribution in [3.8, 4) is 0 Å². The first-order valence-corrected chi connectivity index (χ1v) is 13.1. The molecule has 2 aliphatic heterocycles. The minimum Gasteiger partial charge on any atom is -0.390 e. The number of phosphoric ester groups is 2. The van der Waals surface area contributed by atoms with Crippen molar-refractivity contribution in [1.29, 1.82) is 0 Å². The first-order valence-electron chi connectivity index (χ1n) is 10.2. The van der Waals surface area contributed by atoms with Gasteiger partial charge in [-0.1, -0.05) is 0 Å². The van der Waals surface area contributed by atoms with Gasteiger partial charge in [-0.05, 0) is 13.8 Å². The van der Waals surface area contributed by atoms with Gasteiger partial charge in [0, 0.05) is 18.2 Å². The van der Waals surface area contributed by atoms with Gasteiger partial charge in [0.25, 0.3) is 5.56 Å². The molecule has 200 valence electrons. The average molecular weight is 548 g/mol. The second-order valence-corrected chi connectivity index (χ2v) is 11.0. The normalized spacial score (nSPS) is 37.0. The van der Waals surface area contributed by atoms with Crippen LogP contribution in [0.15, 0.2) is 15.8 Å². The van der Waals surface area contributed by atoms with Gasteiger partial charge >= 0.3 is 21.3 Å². The highest BCUT2D eigenvalue weighted by molar-refractivity contribution is 7.61. The van der Waals surface area contributed by atoms with Crippen LogP contribution in [0.4, 0.5) is 0 Å². The molecule has 0 radical (unpaired) electrons. The van der Waals surface area contributed by atoms with Gasteiger partial charge in [-0.3, -0.25) is 23.4 Å². The molecule has 0 spiro atoms. The zero-order valence-electron chi connectivity index (χ0n) is 18.3. The highest BCUT2D eigenvalue weighted by Crippen LogP contribution is 2.61. The molecule has 0 aromatic carbocycles. The Labute approximate surface area is 196 Å². The first-order chi connectivity index (χ1) is 16.1. The third-order valence-electron chi connectivity index (χ3n) is 5.31. The van der Waals surface area contributed by atoms with E-state index in [0.29, 0.717) is 0 Å². The molecule has 3 rings (SSSR count). The Morgan fingerprint density at radius 3 is 2.40 bits per heavy atom. The van der Waals surface area contributed by atoms with Gasteiger partial charge in [0.1, 0.15) is 30.6 Å². The van der Waals surface area contributed by atoms with Crippen molar-refractivity contribution in [2.24, 2.45) is 0 Å². The van der Waals surface area contributed by atoms with Gasteiger partial charge in [-0.2, -0.15) is 4.31 Å². The van der Waals surface area contributed by atoms with Crippen LogP contribution in [0, 0.1) is 6.92 Å². The van der Waals surface area contributed by atoms with Crippen LogP contribution in [0.1, 0.15) is 25.1 Å². The van der Waals surface area contributed by atoms with E-state index in [0.717, 1.165) is 4.57 Å². The number of H-pyrrole nitrogens is 1. The predicted octanol–water partition coefficient (Wildman–Crippen LogP) is -2.43. The van der Waals surface area contributed by atoms with Crippen LogP contribution in [-0.4, -0.2) is 89.3 Å². The molecule has 2 saturated heterocycles. The summed E-state index contributed by atoms with van der Waals surface area (Å²) in [5.41, 5.74) is -1.23. The Hall–Kier alpha value is -1.30. The quantitative estimate of drug-likeness (QED) is 0.167. The summed E-state index contributed by atoms with van der Waals surface area (Å²) in [6, 6.07) is 0. The highest BCUT2D eigenvalue weighted by atomic mass is 31.3. The van der Waals surface area contributed by atoms with Crippen molar-refractivity contribution in [2.45, 2.75) is 69.4 Å². The number of nitrogens with zero attached hydrogens (tertiary/aromatic N) is 1. The van der Waals surface area contributed by atoms with E-state index in [1.54, 1.807) is 0 Å². The molecule has 1 aromatic heterocycles. The number of hydrogen-bond acceptors (Lipinski definition) is 13. The van der Waals surface area contributed by atoms with Gasteiger partial charge < -0.3 is 39.7 Å². The zero-order valence-corrected chi connectivity index (χ0v) is 20.1. The third-order valence-corrected chi connectivity index (χ3v) is 7.91. The van der Waals surface area contributed by atoms with Crippen molar-refractivity contribution in [3.05, 3.63) is 32.6 Å². The molecule has 1 aromatic rings. The molecule has 2 unspecified atom stereocenters. The average Bonchev–Trinajstić information content (AvgIpc) is 3.11. The number of aromatic nitrogens is 2. The van der Waals surface area contributed by atoms with Crippen LogP contribution in [-0.2, 0) is 32.0 Å². The van der Waals surface area contributed by atoms with E-state index in [1.807, 2.05) is 0 Å². The molecule has 35 heavy (non-hydrogen) atoms. The maximum atomic E-state index is 12.2. The number of aliphatic hydroxyl groups is 4. The number of aryl methyl sites for hydroxylation is 1. The largest absolute Gasteiger partial charge is 0.483 e. The molecule has 0 amide bonds. The highest BCUT2D eigenvalue weighted by Gasteiger charge is 2.47. The van der Waals surface area contributed by atoms with Gasteiger partial charge in [-0.15, -0.1) is 0 Å². The third kappa shape index (κ3) is 6.72. The Balaban J connectivity index is 1.59. The summed E-state index contributed by atoms with van der Waals surface area (Å²) in [7, 11) is -10.8. The second kappa shape index (κ2) is 10.6. The molecule has 10 atom stereocenters. The van der Waals surface area contributed by atoms with E-state index < -0.39 is 82.6 Å². The lowest BCUT2D eigenvalue weighted by atomic mass is 10.0. The van der Waals surface area contributed by atoms with Crippen LogP contribution < -0.4 is 11.2 Å². The summed E-state index contributed by atoms with van der Waals surface area (Å²) < 4.78 is 49.0. The van der Waals surface area contributed by atoms with Crippen LogP contribution in [0.5, 0.6) is 0 Å². The summed E-state index contributed by atoms with van der Waals surface area (Å²) in [5, 5.41) is 39.3. The topological polar surface area (TPSA) is 257 Å². The van der Waals surface area contributed by atoms with Crippen LogP contribution >= 0.6 is 15.6 Å². The monoisotopic (exact) mass is 548 g/mol. The smallest absolute Gasteiger partial charge is 0.390 e. The van der Waals surface area contributed by atoms with E-state index >= 15 is 0 Å². The number of ether oxygens (including phenoxy) is 2. The van der Waals surface area contributed by atoms with Gasteiger partial charge in [-0.25, -0.2) is 13.9 Å². The van der Waals surface area contributed by atoms with Gasteiger partial charge in [0.2, 0.25) is 0 Å². The lowest BCUT2D eigenvalue weighted by Gasteiger charge is -2.38. The Morgan fingerprint density at radius 2 is 1.74 bits per heavy atom. The molecular weight excluding hydrogens is 522 g/mol. The van der Waals surface area contributed by atoms with E-state index in [9.17, 15) is 48.9 Å². The summed E-state index contributed by atoms with van der Waals surface area (Å²) in [5.74, 6) is 0. The minimum absolute atomic E-state index is 0.152. The molecule has 0 bridgehead atoms. The molecule has 17 nitrogen and oxygen atoms in total. The number of aliphatic hydroxyl groups excluding tert-OH is 4. The fourth-order valence-corrected chi connectivity index (χ4v) is 5.57. The van der Waals surface area contributed by atoms with E-state index in [-0.39, 0.29) is 12.0 Å². The van der Waals surface area contributed by atoms with Crippen LogP contribution in [0.25, 0.3) is 0 Å². The van der Waals surface area contributed by atoms with Gasteiger partial charge in [0.15, 0.2) is 6.29 Å². The van der Waals surface area contributed by atoms with Crippen LogP contribution in [0.2, 0.25) is 0 Å². The standard InChI is InChI=1S/C16H26N2O15P2/c1-6-4-18(16(24)17-14(6)23)10-3-8(19)9(31-10)5-29-34(25,26)33-35(27,28)32-15-13(22)12(21)11(20)7(2)30-15/h4,7-13,15,19-22H,3,5H2,1-2H3,(H,25,26)(H,27,28)(H,17,23,24)/t7-,8-,9+,10+,11-,12-,13+,15-/m0/s1. The molecule has 7 N–H and O–H groups in total. The Kier molecular flexibility index (Phi) is 8.56. The van der Waals surface area contributed by atoms with Gasteiger partial charge in [0.05, 0.1) is 18.8 Å². The fraction of sp³-hybridized carbons (Fsp3) is 0.750. The number of rotatable bonds is 8. The summed E-state index contributed by atoms with van der Waals surface area (Å²) in [6.07, 6.45) is -11.0. The summed E-state index contributed by atoms with van der Waals surface area (Å²) >= 11 is 0. The number of phosphoric acid groups is 2. The molecular formula is C16H26N2O15P2. The van der Waals surface area contributed by atoms with E-state index in [2.05, 4.69) is 18.3 Å². The molecule has 3 heterocycles. The Bertz CT molecular complexity index is 1120. The SMILES string of the molecule is Cc1cn([C@H]2C[C@H](O)[C@@H](COP(=O)(O)OP(=O)(O)O[C@@H]3O[C@@H](C)[C@H](O)[C@H](O)[C@H]3O)O2)c(=O)[nH]c1=O. The number of nitrogens with one attached hydrogen (secondary N) is 1. The lowest BCUT2D eigenvalue weighted by molar-refractivity contribution is -0.271. The van der Waals surface area contributed by atoms with Crippen LogP contribution in [0.3, 0.4) is 0 Å². The second-order valence-electron chi connectivity index (χ2n) is 8.01. The van der Waals surface area contributed by atoms with Crippen molar-refractivity contribution in [3.63, 3.8) is 0 Å². The molecule has 2 aliphatic rings. The number of aromatic amines is 1. The van der Waals surface area contributed by atoms with E-state index in [4.69, 9.17) is 9.47 Å². The predicted molar refractivity (Wildman–Crippen MR) is 111 cm³/mol. The number of hydrogen-bond donors (Lipinski definition) is 7. The molecule has 2 fully saturated rings. The first kappa shape index (κ1) is 28.3. The molecule has 0 saturated carbocycles. The zero-order chi connectivity index (χ0) is 26.3. The summed E-state index contributed by atoms with van der Waals surface area (Å²) in [4.78, 5) is 45.2. The van der Waals surface area contributed by atoms with Crippen molar-refractivity contribution in [2.75, 3.05) is 6.61 Å². The Morgan fingerprint density at radius 1 is 1.09 bits per heavy atom. The van der Waals surface area contributed by atoms with Crippen molar-refractivity contribution in [1.82, 2.24) is 9.55 Å². The molecule has 19 heteroatoms. The maximum Gasteiger partial charge on any atom is 0.483 e. The van der Waals surface area contributed by atoms with Crippen molar-refractivity contribution < 1.29 is 62.2 Å². The maximum absolute atomic E-state index is 12.2.